The van der Waals surface area contributed by atoms with Crippen molar-refractivity contribution in [1.29, 1.82) is 0 Å². The molecule has 0 bridgehead atoms. The summed E-state index contributed by atoms with van der Waals surface area (Å²) in [6.07, 6.45) is 0. The van der Waals surface area contributed by atoms with Crippen molar-refractivity contribution in [1.82, 2.24) is 0 Å². The Labute approximate surface area is 110 Å². The summed E-state index contributed by atoms with van der Waals surface area (Å²) in [6, 6.07) is 5.63. The standard InChI is InChI=1S/C14H23NO2S/c1-10(2)12-7-6-11(3)13(8-12)18(16,17)14(4,5)9-15/h6-8,10H,9,15H2,1-5H3. The Morgan fingerprint density at radius 2 is 1.83 bits per heavy atom. The summed E-state index contributed by atoms with van der Waals surface area (Å²) in [5, 5.41) is 0. The first kappa shape index (κ1) is 15.2. The largest absolute Gasteiger partial charge is 0.329 e. The highest BCUT2D eigenvalue weighted by Gasteiger charge is 2.35. The summed E-state index contributed by atoms with van der Waals surface area (Å²) in [4.78, 5) is 0.407. The molecule has 0 spiro atoms. The number of rotatable bonds is 4. The minimum Gasteiger partial charge on any atom is -0.329 e. The Morgan fingerprint density at radius 3 is 2.28 bits per heavy atom. The maximum Gasteiger partial charge on any atom is 0.185 e. The number of aryl methyl sites for hydroxylation is 1. The van der Waals surface area contributed by atoms with Gasteiger partial charge < -0.3 is 5.73 Å². The van der Waals surface area contributed by atoms with Crippen molar-refractivity contribution >= 4 is 9.84 Å². The molecular weight excluding hydrogens is 246 g/mol. The Hall–Kier alpha value is -0.870. The van der Waals surface area contributed by atoms with E-state index in [0.717, 1.165) is 11.1 Å². The first-order chi connectivity index (χ1) is 8.13. The molecule has 0 radical (unpaired) electrons. The van der Waals surface area contributed by atoms with Gasteiger partial charge in [0.15, 0.2) is 9.84 Å². The molecule has 18 heavy (non-hydrogen) atoms. The maximum absolute atomic E-state index is 12.6. The smallest absolute Gasteiger partial charge is 0.185 e. The summed E-state index contributed by atoms with van der Waals surface area (Å²) in [5.41, 5.74) is 7.41. The average Bonchev–Trinajstić information content (AvgIpc) is 2.28. The maximum atomic E-state index is 12.6. The van der Waals surface area contributed by atoms with Gasteiger partial charge in [-0.05, 0) is 43.9 Å². The first-order valence-corrected chi connectivity index (χ1v) is 7.67. The van der Waals surface area contributed by atoms with Crippen LogP contribution in [0.15, 0.2) is 23.1 Å². The molecule has 0 aliphatic carbocycles. The van der Waals surface area contributed by atoms with Crippen molar-refractivity contribution in [2.45, 2.75) is 50.2 Å². The van der Waals surface area contributed by atoms with Gasteiger partial charge in [-0.15, -0.1) is 0 Å². The summed E-state index contributed by atoms with van der Waals surface area (Å²) >= 11 is 0. The molecule has 0 aliphatic rings. The van der Waals surface area contributed by atoms with Crippen LogP contribution in [0.4, 0.5) is 0 Å². The molecule has 0 amide bonds. The molecule has 0 fully saturated rings. The van der Waals surface area contributed by atoms with Gasteiger partial charge >= 0.3 is 0 Å². The number of hydrogen-bond acceptors (Lipinski definition) is 3. The van der Waals surface area contributed by atoms with Crippen LogP contribution in [0.1, 0.15) is 44.7 Å². The number of sulfone groups is 1. The van der Waals surface area contributed by atoms with Gasteiger partial charge in [-0.25, -0.2) is 8.42 Å². The molecule has 0 aromatic heterocycles. The highest BCUT2D eigenvalue weighted by Crippen LogP contribution is 2.29. The molecule has 0 saturated heterocycles. The average molecular weight is 269 g/mol. The van der Waals surface area contributed by atoms with E-state index in [9.17, 15) is 8.42 Å². The molecule has 2 N–H and O–H groups in total. The van der Waals surface area contributed by atoms with E-state index >= 15 is 0 Å². The molecule has 0 heterocycles. The van der Waals surface area contributed by atoms with E-state index in [1.165, 1.54) is 0 Å². The van der Waals surface area contributed by atoms with Crippen molar-refractivity contribution in [3.8, 4) is 0 Å². The minimum absolute atomic E-state index is 0.112. The quantitative estimate of drug-likeness (QED) is 0.914. The molecule has 4 heteroatoms. The van der Waals surface area contributed by atoms with Crippen LogP contribution in [-0.2, 0) is 9.84 Å². The van der Waals surface area contributed by atoms with Gasteiger partial charge in [0.05, 0.1) is 9.64 Å². The van der Waals surface area contributed by atoms with Crippen LogP contribution in [0.2, 0.25) is 0 Å². The van der Waals surface area contributed by atoms with Crippen LogP contribution < -0.4 is 5.73 Å². The predicted octanol–water partition coefficient (Wildman–Crippen LogP) is 2.63. The molecule has 0 saturated carbocycles. The Balaban J connectivity index is 3.46. The topological polar surface area (TPSA) is 60.2 Å². The monoisotopic (exact) mass is 269 g/mol. The van der Waals surface area contributed by atoms with E-state index in [2.05, 4.69) is 13.8 Å². The summed E-state index contributed by atoms with van der Waals surface area (Å²) in [6.45, 7) is 9.38. The molecular formula is C14H23NO2S. The lowest BCUT2D eigenvalue weighted by atomic mass is 10.0. The second-order valence-corrected chi connectivity index (χ2v) is 8.20. The number of nitrogens with two attached hydrogens (primary N) is 1. The van der Waals surface area contributed by atoms with E-state index in [1.54, 1.807) is 19.9 Å². The highest BCUT2D eigenvalue weighted by atomic mass is 32.2. The zero-order valence-electron chi connectivity index (χ0n) is 11.8. The lowest BCUT2D eigenvalue weighted by molar-refractivity contribution is 0.548. The SMILES string of the molecule is Cc1ccc(C(C)C)cc1S(=O)(=O)C(C)(C)CN. The Bertz CT molecular complexity index is 531. The second kappa shape index (κ2) is 5.02. The number of benzene rings is 1. The predicted molar refractivity (Wildman–Crippen MR) is 75.6 cm³/mol. The van der Waals surface area contributed by atoms with Gasteiger partial charge in [-0.1, -0.05) is 26.0 Å². The second-order valence-electron chi connectivity index (χ2n) is 5.65. The Morgan fingerprint density at radius 1 is 1.28 bits per heavy atom. The third-order valence-electron chi connectivity index (χ3n) is 3.39. The van der Waals surface area contributed by atoms with Gasteiger partial charge in [-0.3, -0.25) is 0 Å². The molecule has 1 aromatic carbocycles. The lowest BCUT2D eigenvalue weighted by Crippen LogP contribution is -2.40. The summed E-state index contributed by atoms with van der Waals surface area (Å²) in [7, 11) is -3.40. The zero-order chi connectivity index (χ0) is 14.1. The molecule has 1 rings (SSSR count). The van der Waals surface area contributed by atoms with Crippen molar-refractivity contribution in [2.24, 2.45) is 5.73 Å². The third kappa shape index (κ3) is 2.59. The third-order valence-corrected chi connectivity index (χ3v) is 6.03. The van der Waals surface area contributed by atoms with E-state index < -0.39 is 14.6 Å². The van der Waals surface area contributed by atoms with Crippen molar-refractivity contribution in [2.75, 3.05) is 6.54 Å². The fourth-order valence-corrected chi connectivity index (χ4v) is 3.27. The van der Waals surface area contributed by atoms with Gasteiger partial charge in [0.2, 0.25) is 0 Å². The van der Waals surface area contributed by atoms with Crippen molar-refractivity contribution < 1.29 is 8.42 Å². The van der Waals surface area contributed by atoms with E-state index in [-0.39, 0.29) is 6.54 Å². The van der Waals surface area contributed by atoms with E-state index in [1.807, 2.05) is 19.1 Å². The summed E-state index contributed by atoms with van der Waals surface area (Å²) < 4.78 is 24.3. The van der Waals surface area contributed by atoms with Crippen LogP contribution in [0.3, 0.4) is 0 Å². The first-order valence-electron chi connectivity index (χ1n) is 6.18. The van der Waals surface area contributed by atoms with Gasteiger partial charge in [-0.2, -0.15) is 0 Å². The lowest BCUT2D eigenvalue weighted by Gasteiger charge is -2.24. The van der Waals surface area contributed by atoms with Gasteiger partial charge in [0, 0.05) is 6.54 Å². The van der Waals surface area contributed by atoms with Crippen LogP contribution in [0.25, 0.3) is 0 Å². The Kier molecular flexibility index (Phi) is 4.23. The van der Waals surface area contributed by atoms with Crippen LogP contribution in [0.5, 0.6) is 0 Å². The molecule has 0 unspecified atom stereocenters. The summed E-state index contributed by atoms with van der Waals surface area (Å²) in [5.74, 6) is 0.306. The van der Waals surface area contributed by atoms with Crippen LogP contribution in [-0.4, -0.2) is 19.7 Å². The van der Waals surface area contributed by atoms with Crippen molar-refractivity contribution in [3.05, 3.63) is 29.3 Å². The highest BCUT2D eigenvalue weighted by molar-refractivity contribution is 7.92. The fraction of sp³-hybridized carbons (Fsp3) is 0.571. The van der Waals surface area contributed by atoms with Gasteiger partial charge in [0.25, 0.3) is 0 Å². The molecule has 102 valence electrons. The molecule has 3 nitrogen and oxygen atoms in total. The number of hydrogen-bond donors (Lipinski definition) is 1. The van der Waals surface area contributed by atoms with Gasteiger partial charge in [0.1, 0.15) is 0 Å². The minimum atomic E-state index is -3.40. The molecule has 0 atom stereocenters. The van der Waals surface area contributed by atoms with Crippen LogP contribution in [0, 0.1) is 6.92 Å². The normalized spacial score (nSPS) is 13.1. The van der Waals surface area contributed by atoms with E-state index in [0.29, 0.717) is 10.8 Å². The molecule has 1 aromatic rings. The molecule has 0 aliphatic heterocycles. The van der Waals surface area contributed by atoms with Crippen LogP contribution >= 0.6 is 0 Å². The van der Waals surface area contributed by atoms with E-state index in [4.69, 9.17) is 5.73 Å². The van der Waals surface area contributed by atoms with Crippen molar-refractivity contribution in [3.63, 3.8) is 0 Å². The fourth-order valence-electron chi connectivity index (χ4n) is 1.67. The zero-order valence-corrected chi connectivity index (χ0v) is 12.6.